The minimum Gasteiger partial charge on any atom is -0.406 e. The molecule has 31 heavy (non-hydrogen) atoms. The maximum atomic E-state index is 12.5. The summed E-state index contributed by atoms with van der Waals surface area (Å²) in [4.78, 5) is -0.207. The van der Waals surface area contributed by atoms with Gasteiger partial charge in [-0.15, -0.1) is 23.4 Å². The van der Waals surface area contributed by atoms with Crippen molar-refractivity contribution in [1.82, 2.24) is 19.8 Å². The molecule has 8 nitrogen and oxygen atoms in total. The summed E-state index contributed by atoms with van der Waals surface area (Å²) in [5.74, 6) is 0.122. The highest BCUT2D eigenvalue weighted by Crippen LogP contribution is 2.25. The van der Waals surface area contributed by atoms with E-state index in [0.29, 0.717) is 17.2 Å². The second kappa shape index (κ2) is 7.54. The zero-order chi connectivity index (χ0) is 22.2. The van der Waals surface area contributed by atoms with Gasteiger partial charge in [0.25, 0.3) is 10.0 Å². The first kappa shape index (κ1) is 20.6. The monoisotopic (exact) mass is 449 g/mol. The second-order valence-electron chi connectivity index (χ2n) is 6.44. The van der Waals surface area contributed by atoms with E-state index in [1.807, 2.05) is 0 Å². The lowest BCUT2D eigenvalue weighted by atomic mass is 10.1. The van der Waals surface area contributed by atoms with Gasteiger partial charge in [0.05, 0.1) is 10.6 Å². The van der Waals surface area contributed by atoms with Crippen molar-refractivity contribution in [2.45, 2.75) is 18.2 Å². The van der Waals surface area contributed by atoms with Crippen LogP contribution in [0.5, 0.6) is 5.75 Å². The van der Waals surface area contributed by atoms with Crippen LogP contribution in [0.2, 0.25) is 0 Å². The van der Waals surface area contributed by atoms with E-state index in [-0.39, 0.29) is 10.6 Å². The zero-order valence-corrected chi connectivity index (χ0v) is 16.6. The molecule has 0 amide bonds. The molecule has 1 N–H and O–H groups in total. The van der Waals surface area contributed by atoms with Crippen molar-refractivity contribution in [3.05, 3.63) is 66.5 Å². The van der Waals surface area contributed by atoms with Gasteiger partial charge in [-0.3, -0.25) is 4.72 Å². The third-order valence-corrected chi connectivity index (χ3v) is 5.62. The fourth-order valence-electron chi connectivity index (χ4n) is 2.79. The Kier molecular flexibility index (Phi) is 5.01. The standard InChI is InChI=1S/C19H14F3N5O3S/c1-12-23-24-18-11-10-17(25-27(12)18)13-2-4-14(5-3-13)26-31(28,29)16-8-6-15(7-9-16)30-19(20,21)22/h2-11,26H,1H3. The summed E-state index contributed by atoms with van der Waals surface area (Å²) < 4.78 is 69.4. The number of fused-ring (bicyclic) bond motifs is 1. The molecule has 0 bridgehead atoms. The molecule has 0 saturated heterocycles. The van der Waals surface area contributed by atoms with E-state index in [1.54, 1.807) is 47.8 Å². The predicted octanol–water partition coefficient (Wildman–Crippen LogP) is 3.80. The summed E-state index contributed by atoms with van der Waals surface area (Å²) in [7, 11) is -4.00. The fraction of sp³-hybridized carbons (Fsp3) is 0.105. The molecule has 0 atom stereocenters. The SMILES string of the molecule is Cc1nnc2ccc(-c3ccc(NS(=O)(=O)c4ccc(OC(F)(F)F)cc4)cc3)nn12. The van der Waals surface area contributed by atoms with Crippen LogP contribution < -0.4 is 9.46 Å². The van der Waals surface area contributed by atoms with E-state index >= 15 is 0 Å². The lowest BCUT2D eigenvalue weighted by molar-refractivity contribution is -0.274. The van der Waals surface area contributed by atoms with Crippen LogP contribution in [0.4, 0.5) is 18.9 Å². The molecule has 2 aromatic carbocycles. The quantitative estimate of drug-likeness (QED) is 0.498. The van der Waals surface area contributed by atoms with E-state index in [9.17, 15) is 21.6 Å². The van der Waals surface area contributed by atoms with E-state index in [2.05, 4.69) is 24.8 Å². The minimum absolute atomic E-state index is 0.207. The van der Waals surface area contributed by atoms with Gasteiger partial charge in [-0.25, -0.2) is 8.42 Å². The highest BCUT2D eigenvalue weighted by atomic mass is 32.2. The van der Waals surface area contributed by atoms with E-state index < -0.39 is 22.1 Å². The molecular formula is C19H14F3N5O3S. The van der Waals surface area contributed by atoms with Crippen molar-refractivity contribution in [2.75, 3.05) is 4.72 Å². The first-order valence-corrected chi connectivity index (χ1v) is 10.3. The highest BCUT2D eigenvalue weighted by Gasteiger charge is 2.31. The molecular weight excluding hydrogens is 435 g/mol. The number of rotatable bonds is 5. The maximum Gasteiger partial charge on any atom is 0.573 e. The van der Waals surface area contributed by atoms with Crippen molar-refractivity contribution in [1.29, 1.82) is 0 Å². The van der Waals surface area contributed by atoms with Gasteiger partial charge in [-0.05, 0) is 55.5 Å². The summed E-state index contributed by atoms with van der Waals surface area (Å²) in [6, 6.07) is 13.9. The molecule has 2 heterocycles. The predicted molar refractivity (Wildman–Crippen MR) is 105 cm³/mol. The average Bonchev–Trinajstić information content (AvgIpc) is 3.08. The first-order chi connectivity index (χ1) is 14.6. The summed E-state index contributed by atoms with van der Waals surface area (Å²) in [5.41, 5.74) is 2.27. The third kappa shape index (κ3) is 4.58. The van der Waals surface area contributed by atoms with E-state index in [1.165, 1.54) is 0 Å². The topological polar surface area (TPSA) is 98.5 Å². The number of alkyl halides is 3. The Morgan fingerprint density at radius 1 is 0.935 bits per heavy atom. The Morgan fingerprint density at radius 2 is 1.61 bits per heavy atom. The number of nitrogens with zero attached hydrogens (tertiary/aromatic N) is 4. The van der Waals surface area contributed by atoms with Gasteiger partial charge in [0, 0.05) is 11.3 Å². The molecule has 0 aliphatic heterocycles. The molecule has 0 saturated carbocycles. The number of hydrogen-bond donors (Lipinski definition) is 1. The van der Waals surface area contributed by atoms with Crippen molar-refractivity contribution in [2.24, 2.45) is 0 Å². The number of ether oxygens (including phenoxy) is 1. The molecule has 0 radical (unpaired) electrons. The normalized spacial score (nSPS) is 12.1. The van der Waals surface area contributed by atoms with Crippen LogP contribution in [0.15, 0.2) is 65.6 Å². The van der Waals surface area contributed by atoms with Crippen LogP contribution in [-0.2, 0) is 10.0 Å². The van der Waals surface area contributed by atoms with Crippen LogP contribution in [0, 0.1) is 6.92 Å². The summed E-state index contributed by atoms with van der Waals surface area (Å²) >= 11 is 0. The molecule has 160 valence electrons. The minimum atomic E-state index is -4.85. The van der Waals surface area contributed by atoms with Gasteiger partial charge in [0.2, 0.25) is 0 Å². The Morgan fingerprint density at radius 3 is 2.26 bits per heavy atom. The number of hydrogen-bond acceptors (Lipinski definition) is 6. The molecule has 0 spiro atoms. The zero-order valence-electron chi connectivity index (χ0n) is 15.8. The molecule has 0 aliphatic carbocycles. The van der Waals surface area contributed by atoms with Gasteiger partial charge >= 0.3 is 6.36 Å². The average molecular weight is 449 g/mol. The largest absolute Gasteiger partial charge is 0.573 e. The van der Waals surface area contributed by atoms with Gasteiger partial charge in [0.15, 0.2) is 11.5 Å². The van der Waals surface area contributed by atoms with Gasteiger partial charge in [0.1, 0.15) is 5.75 Å². The number of halogens is 3. The third-order valence-electron chi connectivity index (χ3n) is 4.22. The Labute approximate surface area is 174 Å². The van der Waals surface area contributed by atoms with Gasteiger partial charge in [-0.2, -0.15) is 9.61 Å². The lowest BCUT2D eigenvalue weighted by Crippen LogP contribution is -2.17. The smallest absolute Gasteiger partial charge is 0.406 e. The number of anilines is 1. The van der Waals surface area contributed by atoms with Crippen LogP contribution >= 0.6 is 0 Å². The Balaban J connectivity index is 1.51. The van der Waals surface area contributed by atoms with Gasteiger partial charge in [-0.1, -0.05) is 12.1 Å². The molecule has 12 heteroatoms. The van der Waals surface area contributed by atoms with Crippen LogP contribution in [0.3, 0.4) is 0 Å². The second-order valence-corrected chi connectivity index (χ2v) is 8.12. The number of benzene rings is 2. The first-order valence-electron chi connectivity index (χ1n) is 8.79. The molecule has 4 rings (SSSR count). The number of aromatic nitrogens is 4. The molecule has 0 fully saturated rings. The van der Waals surface area contributed by atoms with E-state index in [4.69, 9.17) is 0 Å². The number of sulfonamides is 1. The van der Waals surface area contributed by atoms with Crippen molar-refractivity contribution in [3.63, 3.8) is 0 Å². The van der Waals surface area contributed by atoms with Crippen LogP contribution in [0.25, 0.3) is 16.9 Å². The number of aryl methyl sites for hydroxylation is 1. The number of nitrogens with one attached hydrogen (secondary N) is 1. The molecule has 2 aromatic heterocycles. The van der Waals surface area contributed by atoms with Crippen molar-refractivity contribution >= 4 is 21.4 Å². The summed E-state index contributed by atoms with van der Waals surface area (Å²) in [6.07, 6.45) is -4.85. The molecule has 0 aliphatic rings. The van der Waals surface area contributed by atoms with Crippen molar-refractivity contribution < 1.29 is 26.3 Å². The molecule has 0 unspecified atom stereocenters. The fourth-order valence-corrected chi connectivity index (χ4v) is 3.85. The Bertz CT molecular complexity index is 1340. The molecule has 4 aromatic rings. The highest BCUT2D eigenvalue weighted by molar-refractivity contribution is 7.92. The van der Waals surface area contributed by atoms with Crippen molar-refractivity contribution in [3.8, 4) is 17.0 Å². The summed E-state index contributed by atoms with van der Waals surface area (Å²) in [6.45, 7) is 1.77. The summed E-state index contributed by atoms with van der Waals surface area (Å²) in [5, 5.41) is 12.4. The van der Waals surface area contributed by atoms with Crippen LogP contribution in [-0.4, -0.2) is 34.6 Å². The van der Waals surface area contributed by atoms with E-state index in [0.717, 1.165) is 29.8 Å². The lowest BCUT2D eigenvalue weighted by Gasteiger charge is -2.11. The van der Waals surface area contributed by atoms with Crippen LogP contribution in [0.1, 0.15) is 5.82 Å². The maximum absolute atomic E-state index is 12.5. The Hall–Kier alpha value is -3.67. The van der Waals surface area contributed by atoms with Gasteiger partial charge < -0.3 is 4.74 Å².